The molecule has 4 unspecified atom stereocenters. The van der Waals surface area contributed by atoms with Gasteiger partial charge in [0.25, 0.3) is 0 Å². The smallest absolute Gasteiger partial charge is 0.443 e. The third kappa shape index (κ3) is 28.2. The number of thiazole rings is 4. The summed E-state index contributed by atoms with van der Waals surface area (Å²) in [6, 6.07) is 0. The fourth-order valence-electron chi connectivity index (χ4n) is 4.15. The van der Waals surface area contributed by atoms with Crippen LogP contribution in [0.2, 0.25) is 0 Å². The normalized spacial score (nSPS) is 14.7. The number of carbonyl (C=O) groups is 3. The lowest BCUT2D eigenvalue weighted by Gasteiger charge is -2.19. The average Bonchev–Trinajstić information content (AvgIpc) is 4.02. The second-order valence-electron chi connectivity index (χ2n) is 20.1. The molecule has 8 N–H and O–H groups in total. The SMILES string of the molecule is C.C.C.CC(C)(C)OC(=O)N=S(=O)(Cl)c1cnc(C(C)(C)O)s1.CC(C)(C)OC(=O)NS(=O)c1cnc(C(C)(C)O)s1.CN=S(N)(=O)c1cnc(C(C)(C)O)s1.CNS(=O)(=NC(=O)OC(C)(C)C)c1cnc(C(C)(C)O)s1. The summed E-state index contributed by atoms with van der Waals surface area (Å²) < 4.78 is 79.8. The number of nitrogens with one attached hydrogen (secondary N) is 2. The minimum absolute atomic E-state index is 0. The zero-order chi connectivity index (χ0) is 58.1. The summed E-state index contributed by atoms with van der Waals surface area (Å²) in [7, 11) is -2.56. The van der Waals surface area contributed by atoms with Gasteiger partial charge in [-0.25, -0.2) is 70.1 Å². The van der Waals surface area contributed by atoms with Crippen LogP contribution in [-0.4, -0.2) is 106 Å². The molecule has 4 aromatic rings. The molecule has 0 aliphatic heterocycles. The lowest BCUT2D eigenvalue weighted by molar-refractivity contribution is 0.0566. The average molecular weight is 1270 g/mol. The Labute approximate surface area is 479 Å². The van der Waals surface area contributed by atoms with Crippen molar-refractivity contribution in [3.05, 3.63) is 44.8 Å². The monoisotopic (exact) mass is 1260 g/mol. The summed E-state index contributed by atoms with van der Waals surface area (Å²) in [6.45, 7) is 27.8. The highest BCUT2D eigenvalue weighted by Gasteiger charge is 2.29. The van der Waals surface area contributed by atoms with Gasteiger partial charge in [0, 0.05) is 17.7 Å². The van der Waals surface area contributed by atoms with Gasteiger partial charge in [0.1, 0.15) is 86.0 Å². The topological polar surface area (TPSA) is 367 Å². The van der Waals surface area contributed by atoms with Crippen LogP contribution in [-0.2, 0) is 76.4 Å². The first kappa shape index (κ1) is 78.0. The molecule has 77 heavy (non-hydrogen) atoms. The van der Waals surface area contributed by atoms with Crippen LogP contribution >= 0.6 is 56.0 Å². The van der Waals surface area contributed by atoms with Gasteiger partial charge in [-0.05, 0) is 125 Å². The van der Waals surface area contributed by atoms with Crippen LogP contribution in [0.5, 0.6) is 0 Å². The van der Waals surface area contributed by atoms with Gasteiger partial charge >= 0.3 is 18.3 Å². The number of hydrogen-bond donors (Lipinski definition) is 7. The largest absolute Gasteiger partial charge is 0.443 e. The van der Waals surface area contributed by atoms with E-state index in [0.717, 1.165) is 45.3 Å². The van der Waals surface area contributed by atoms with Gasteiger partial charge in [-0.1, -0.05) is 22.3 Å². The molecule has 0 aliphatic carbocycles. The van der Waals surface area contributed by atoms with Crippen molar-refractivity contribution < 1.29 is 65.9 Å². The highest BCUT2D eigenvalue weighted by Crippen LogP contribution is 2.32. The number of aliphatic hydroxyl groups is 4. The van der Waals surface area contributed by atoms with E-state index in [-0.39, 0.29) is 30.7 Å². The molecule has 0 bridgehead atoms. The van der Waals surface area contributed by atoms with Crippen molar-refractivity contribution in [1.82, 2.24) is 29.4 Å². The van der Waals surface area contributed by atoms with E-state index in [2.05, 4.69) is 42.5 Å². The third-order valence-corrected chi connectivity index (χ3v) is 20.9. The fraction of sp³-hybridized carbons (Fsp3) is 0.659. The second kappa shape index (κ2) is 29.5. The Morgan fingerprint density at radius 1 is 0.584 bits per heavy atom. The molecule has 33 heteroatoms. The van der Waals surface area contributed by atoms with Crippen LogP contribution in [0.25, 0.3) is 0 Å². The lowest BCUT2D eigenvalue weighted by Crippen LogP contribution is -2.33. The Bertz CT molecular complexity index is 2970. The predicted molar refractivity (Wildman–Crippen MR) is 309 cm³/mol. The van der Waals surface area contributed by atoms with Crippen molar-refractivity contribution in [2.24, 2.45) is 18.2 Å². The third-order valence-electron chi connectivity index (χ3n) is 7.33. The number of nitrogens with zero attached hydrogens (tertiary/aromatic N) is 7. The fourth-order valence-corrected chi connectivity index (χ4v) is 12.9. The van der Waals surface area contributed by atoms with E-state index in [0.29, 0.717) is 28.4 Å². The van der Waals surface area contributed by atoms with E-state index >= 15 is 0 Å². The molecule has 0 radical (unpaired) electrons. The second-order valence-corrected chi connectivity index (χ2v) is 33.3. The summed E-state index contributed by atoms with van der Waals surface area (Å²) in [4.78, 5) is 50.6. The quantitative estimate of drug-likeness (QED) is 0.0573. The van der Waals surface area contributed by atoms with Crippen LogP contribution in [0.4, 0.5) is 14.4 Å². The van der Waals surface area contributed by atoms with Crippen LogP contribution in [0.1, 0.15) is 160 Å². The Kier molecular flexibility index (Phi) is 29.9. The molecule has 4 heterocycles. The molecule has 0 fully saturated rings. The zero-order valence-electron chi connectivity index (χ0n) is 44.5. The van der Waals surface area contributed by atoms with Gasteiger partial charge in [0.15, 0.2) is 29.8 Å². The van der Waals surface area contributed by atoms with Gasteiger partial charge in [-0.2, -0.15) is 0 Å². The van der Waals surface area contributed by atoms with Crippen molar-refractivity contribution in [3.8, 4) is 0 Å². The molecule has 0 spiro atoms. The summed E-state index contributed by atoms with van der Waals surface area (Å²) in [6.07, 6.45) is 2.66. The maximum absolute atomic E-state index is 12.7. The minimum Gasteiger partial charge on any atom is -0.443 e. The van der Waals surface area contributed by atoms with Crippen molar-refractivity contribution in [1.29, 1.82) is 0 Å². The Morgan fingerprint density at radius 3 is 1.25 bits per heavy atom. The molecule has 0 saturated heterocycles. The lowest BCUT2D eigenvalue weighted by atomic mass is 10.2. The standard InChI is InChI=1S/C12H21N3O4S2.C11H17ClN2O4S2.C11H18N2O4S2.C7H13N3O2S2.3CH4/c1-11(2,3)19-10(16)15-21(18,13-6)8-7-14-9(20-8)12(4,5)17;1-10(2,3)18-9(15)14-20(12,17)7-6-13-8(19-7)11(4,5)16;1-10(2,3)17-9(14)13-19(16)7-6-12-8(18-7)11(4,5)15;1-7(2,11)6-10-4-5(13-6)14(8,12)9-3;;;/h7,17H,1-6H3,(H,13,15,16,18);6,16H,1-5H3;6,15H,1-5H3,(H,13,14);4,11H,1-3H3,(H2,8,9,12);3*1H4. The molecule has 0 aliphatic rings. The molecule has 4 rings (SSSR count). The predicted octanol–water partition coefficient (Wildman–Crippen LogP) is 10.1. The highest BCUT2D eigenvalue weighted by atomic mass is 35.7. The number of amides is 3. The Morgan fingerprint density at radius 2 is 0.909 bits per heavy atom. The molecule has 0 aromatic carbocycles. The van der Waals surface area contributed by atoms with Crippen LogP contribution in [0, 0.1) is 0 Å². The van der Waals surface area contributed by atoms with Gasteiger partial charge in [0.05, 0.1) is 24.8 Å². The molecule has 4 atom stereocenters. The molecular formula is C44H81ClN10O14S8. The summed E-state index contributed by atoms with van der Waals surface area (Å²) in [5, 5.41) is 46.1. The number of aromatic nitrogens is 4. The maximum Gasteiger partial charge on any atom is 0.443 e. The minimum atomic E-state index is -3.45. The molecule has 3 amide bonds. The van der Waals surface area contributed by atoms with Gasteiger partial charge in [-0.15, -0.1) is 54.1 Å². The van der Waals surface area contributed by atoms with E-state index in [4.69, 9.17) is 30.0 Å². The van der Waals surface area contributed by atoms with E-state index in [9.17, 15) is 51.6 Å². The van der Waals surface area contributed by atoms with E-state index in [1.807, 2.05) is 0 Å². The van der Waals surface area contributed by atoms with Crippen molar-refractivity contribution in [2.75, 3.05) is 14.1 Å². The van der Waals surface area contributed by atoms with E-state index < -0.39 is 97.2 Å². The first-order valence-electron chi connectivity index (χ1n) is 21.4. The number of hydrogen-bond acceptors (Lipinski definition) is 23. The number of nitrogens with two attached hydrogens (primary N) is 1. The number of rotatable bonds is 10. The van der Waals surface area contributed by atoms with E-state index in [1.54, 1.807) is 104 Å². The summed E-state index contributed by atoms with van der Waals surface area (Å²) in [5.74, 6) is 0. The number of halogens is 1. The number of carbonyl (C=O) groups excluding carboxylic acids is 3. The van der Waals surface area contributed by atoms with Crippen molar-refractivity contribution >= 4 is 114 Å². The van der Waals surface area contributed by atoms with Gasteiger partial charge in [0.2, 0.25) is 0 Å². The van der Waals surface area contributed by atoms with Crippen LogP contribution in [0.3, 0.4) is 0 Å². The first-order valence-corrected chi connectivity index (χ1v) is 31.3. The molecule has 0 saturated carbocycles. The summed E-state index contributed by atoms with van der Waals surface area (Å²) >= 11 is 4.16. The maximum atomic E-state index is 12.7. The highest BCUT2D eigenvalue weighted by molar-refractivity contribution is 8.17. The van der Waals surface area contributed by atoms with Gasteiger partial charge in [-0.3, -0.25) is 0 Å². The zero-order valence-corrected chi connectivity index (χ0v) is 51.8. The molecule has 4 aromatic heterocycles. The number of ether oxygens (including phenoxy) is 3. The van der Waals surface area contributed by atoms with Crippen molar-refractivity contribution in [3.63, 3.8) is 0 Å². The van der Waals surface area contributed by atoms with Crippen LogP contribution < -0.4 is 14.6 Å². The molecule has 24 nitrogen and oxygen atoms in total. The Balaban J connectivity index is -0.000000944. The summed E-state index contributed by atoms with van der Waals surface area (Å²) in [5.41, 5.74) is -6.59. The Hall–Kier alpha value is -3.22. The molecule has 446 valence electrons. The van der Waals surface area contributed by atoms with Crippen molar-refractivity contribution in [2.45, 2.75) is 196 Å². The molecular weight excluding hydrogens is 1180 g/mol. The van der Waals surface area contributed by atoms with Gasteiger partial charge < -0.3 is 34.6 Å². The van der Waals surface area contributed by atoms with E-state index in [1.165, 1.54) is 52.7 Å². The van der Waals surface area contributed by atoms with Crippen LogP contribution in [0.15, 0.2) is 54.7 Å². The first-order chi connectivity index (χ1) is 32.9.